The second kappa shape index (κ2) is 8.14. The highest BCUT2D eigenvalue weighted by molar-refractivity contribution is 5.49. The van der Waals surface area contributed by atoms with Crippen molar-refractivity contribution < 1.29 is 9.53 Å². The topological polar surface area (TPSA) is 26.3 Å². The molecule has 2 heteroatoms. The maximum Gasteiger partial charge on any atom is 0.120 e. The highest BCUT2D eigenvalue weighted by Gasteiger charge is 2.28. The van der Waals surface area contributed by atoms with Crippen LogP contribution in [-0.2, 0) is 9.53 Å². The van der Waals surface area contributed by atoms with Crippen LogP contribution in [0, 0.1) is 5.92 Å². The first-order chi connectivity index (χ1) is 9.06. The molecule has 1 saturated heterocycles. The van der Waals surface area contributed by atoms with Crippen LogP contribution in [0.1, 0.15) is 52.4 Å². The van der Waals surface area contributed by atoms with Crippen molar-refractivity contribution in [3.8, 4) is 0 Å². The largest absolute Gasteiger partial charge is 0.370 e. The molecule has 0 bridgehead atoms. The van der Waals surface area contributed by atoms with Gasteiger partial charge in [0.1, 0.15) is 6.29 Å². The van der Waals surface area contributed by atoms with Gasteiger partial charge >= 0.3 is 0 Å². The molecule has 0 aromatic carbocycles. The van der Waals surface area contributed by atoms with Gasteiger partial charge in [0.2, 0.25) is 0 Å². The molecule has 0 N–H and O–H groups in total. The smallest absolute Gasteiger partial charge is 0.120 e. The summed E-state index contributed by atoms with van der Waals surface area (Å²) in [5.41, 5.74) is 5.37. The van der Waals surface area contributed by atoms with Crippen LogP contribution in [0.5, 0.6) is 0 Å². The zero-order valence-electron chi connectivity index (χ0n) is 12.3. The first kappa shape index (κ1) is 15.9. The molecule has 19 heavy (non-hydrogen) atoms. The van der Waals surface area contributed by atoms with E-state index in [4.69, 9.17) is 4.74 Å². The summed E-state index contributed by atoms with van der Waals surface area (Å²) >= 11 is 0. The number of hydrogen-bond donors (Lipinski definition) is 0. The van der Waals surface area contributed by atoms with Crippen molar-refractivity contribution in [3.05, 3.63) is 30.0 Å². The summed E-state index contributed by atoms with van der Waals surface area (Å²) in [6, 6.07) is 0. The van der Waals surface area contributed by atoms with Gasteiger partial charge in [-0.1, -0.05) is 20.1 Å². The number of aldehydes is 1. The number of rotatable bonds is 8. The lowest BCUT2D eigenvalue weighted by Gasteiger charge is -2.16. The van der Waals surface area contributed by atoms with Crippen molar-refractivity contribution >= 4 is 6.29 Å². The summed E-state index contributed by atoms with van der Waals surface area (Å²) in [6.45, 7) is 12.1. The molecule has 1 aliphatic rings. The molecule has 1 fully saturated rings. The fourth-order valence-corrected chi connectivity index (χ4v) is 2.63. The van der Waals surface area contributed by atoms with E-state index in [1.165, 1.54) is 11.1 Å². The lowest BCUT2D eigenvalue weighted by atomic mass is 9.94. The van der Waals surface area contributed by atoms with Gasteiger partial charge in [-0.05, 0) is 56.1 Å². The van der Waals surface area contributed by atoms with Crippen LogP contribution >= 0.6 is 0 Å². The number of carbonyl (C=O) groups excluding carboxylic acids is 1. The van der Waals surface area contributed by atoms with E-state index in [2.05, 4.69) is 32.7 Å². The zero-order chi connectivity index (χ0) is 14.3. The van der Waals surface area contributed by atoms with Gasteiger partial charge < -0.3 is 9.53 Å². The minimum Gasteiger partial charge on any atom is -0.370 e. The predicted molar refractivity (Wildman–Crippen MR) is 79.1 cm³/mol. The van der Waals surface area contributed by atoms with Gasteiger partial charge in [-0.15, -0.1) is 5.73 Å². The summed E-state index contributed by atoms with van der Waals surface area (Å²) in [5.74, 6) is 0.625. The molecule has 0 saturated carbocycles. The summed E-state index contributed by atoms with van der Waals surface area (Å²) < 4.78 is 5.96. The summed E-state index contributed by atoms with van der Waals surface area (Å²) in [7, 11) is 0. The lowest BCUT2D eigenvalue weighted by Crippen LogP contribution is -2.13. The number of allylic oxidation sites excluding steroid dienone is 1. The van der Waals surface area contributed by atoms with Crippen LogP contribution in [0.15, 0.2) is 30.0 Å². The third-order valence-electron chi connectivity index (χ3n) is 3.79. The Bertz CT molecular complexity index is 363. The molecule has 0 aromatic heterocycles. The Labute approximate surface area is 117 Å². The van der Waals surface area contributed by atoms with Crippen LogP contribution in [0.25, 0.3) is 0 Å². The number of ether oxygens (including phenoxy) is 1. The summed E-state index contributed by atoms with van der Waals surface area (Å²) in [6.07, 6.45) is 6.89. The van der Waals surface area contributed by atoms with Gasteiger partial charge in [0.15, 0.2) is 0 Å². The maximum absolute atomic E-state index is 10.4. The molecule has 0 unspecified atom stereocenters. The predicted octanol–water partition coefficient (Wildman–Crippen LogP) is 4.22. The molecule has 106 valence electrons. The Hall–Kier alpha value is -1.11. The SMILES string of the molecule is C=C=C(C)C[C@@H](C)CC[C@@H]1O[C@@H](CCC=O)CC1=C. The standard InChI is InChI=1S/C17H26O2/c1-5-13(2)11-14(3)8-9-17-15(4)12-16(19-17)7-6-10-18/h10,14,16-17H,1,4,6-9,11-12H2,2-3H3/t14-,16-,17-/m0/s1. The molecule has 0 radical (unpaired) electrons. The molecule has 1 aliphatic heterocycles. The number of hydrogen-bond acceptors (Lipinski definition) is 2. The van der Waals surface area contributed by atoms with E-state index >= 15 is 0 Å². The van der Waals surface area contributed by atoms with Gasteiger partial charge in [0.25, 0.3) is 0 Å². The van der Waals surface area contributed by atoms with Crippen LogP contribution in [0.4, 0.5) is 0 Å². The first-order valence-electron chi connectivity index (χ1n) is 7.19. The second-order valence-corrected chi connectivity index (χ2v) is 5.70. The Morgan fingerprint density at radius 3 is 2.95 bits per heavy atom. The summed E-state index contributed by atoms with van der Waals surface area (Å²) in [4.78, 5) is 10.4. The average molecular weight is 262 g/mol. The third kappa shape index (κ3) is 5.59. The Balaban J connectivity index is 2.31. The minimum atomic E-state index is 0.187. The van der Waals surface area contributed by atoms with E-state index in [1.54, 1.807) is 0 Å². The molecule has 0 aliphatic carbocycles. The van der Waals surface area contributed by atoms with Crippen molar-refractivity contribution in [3.63, 3.8) is 0 Å². The van der Waals surface area contributed by atoms with E-state index in [-0.39, 0.29) is 12.2 Å². The zero-order valence-corrected chi connectivity index (χ0v) is 12.3. The molecular weight excluding hydrogens is 236 g/mol. The van der Waals surface area contributed by atoms with Gasteiger partial charge in [-0.25, -0.2) is 0 Å². The van der Waals surface area contributed by atoms with E-state index in [0.717, 1.165) is 38.4 Å². The quantitative estimate of drug-likeness (QED) is 0.372. The van der Waals surface area contributed by atoms with E-state index in [9.17, 15) is 4.79 Å². The lowest BCUT2D eigenvalue weighted by molar-refractivity contribution is -0.108. The Kier molecular flexibility index (Phi) is 6.83. The average Bonchev–Trinajstić information content (AvgIpc) is 2.74. The monoisotopic (exact) mass is 262 g/mol. The van der Waals surface area contributed by atoms with E-state index in [0.29, 0.717) is 12.3 Å². The van der Waals surface area contributed by atoms with Gasteiger partial charge in [0.05, 0.1) is 12.2 Å². The fraction of sp³-hybridized carbons (Fsp3) is 0.647. The van der Waals surface area contributed by atoms with Gasteiger partial charge in [-0.3, -0.25) is 0 Å². The first-order valence-corrected chi connectivity index (χ1v) is 7.19. The molecule has 0 spiro atoms. The molecule has 1 rings (SSSR count). The molecule has 2 nitrogen and oxygen atoms in total. The van der Waals surface area contributed by atoms with Gasteiger partial charge in [0, 0.05) is 6.42 Å². The third-order valence-corrected chi connectivity index (χ3v) is 3.79. The van der Waals surface area contributed by atoms with Crippen LogP contribution < -0.4 is 0 Å². The maximum atomic E-state index is 10.4. The minimum absolute atomic E-state index is 0.187. The molecule has 1 heterocycles. The molecule has 0 amide bonds. The molecular formula is C17H26O2. The normalized spacial score (nSPS) is 24.0. The molecule has 0 aromatic rings. The van der Waals surface area contributed by atoms with Gasteiger partial charge in [-0.2, -0.15) is 0 Å². The van der Waals surface area contributed by atoms with Crippen molar-refractivity contribution in [1.29, 1.82) is 0 Å². The van der Waals surface area contributed by atoms with Crippen LogP contribution in [0.3, 0.4) is 0 Å². The van der Waals surface area contributed by atoms with E-state index < -0.39 is 0 Å². The van der Waals surface area contributed by atoms with Crippen LogP contribution in [-0.4, -0.2) is 18.5 Å². The highest BCUT2D eigenvalue weighted by Crippen LogP contribution is 2.31. The molecule has 3 atom stereocenters. The number of carbonyl (C=O) groups is 1. The fourth-order valence-electron chi connectivity index (χ4n) is 2.63. The summed E-state index contributed by atoms with van der Waals surface area (Å²) in [5, 5.41) is 0. The Morgan fingerprint density at radius 1 is 1.58 bits per heavy atom. The van der Waals surface area contributed by atoms with Crippen molar-refractivity contribution in [2.45, 2.75) is 64.6 Å². The van der Waals surface area contributed by atoms with Crippen LogP contribution in [0.2, 0.25) is 0 Å². The van der Waals surface area contributed by atoms with E-state index in [1.807, 2.05) is 0 Å². The second-order valence-electron chi connectivity index (χ2n) is 5.70. The highest BCUT2D eigenvalue weighted by atomic mass is 16.5. The van der Waals surface area contributed by atoms with Crippen molar-refractivity contribution in [2.24, 2.45) is 5.92 Å². The van der Waals surface area contributed by atoms with Crippen molar-refractivity contribution in [2.75, 3.05) is 0 Å². The Morgan fingerprint density at radius 2 is 2.32 bits per heavy atom. The van der Waals surface area contributed by atoms with Crippen molar-refractivity contribution in [1.82, 2.24) is 0 Å².